The molecule has 2 aromatic carbocycles. The molecule has 0 heterocycles. The molecule has 0 fully saturated rings. The number of carbonyl (C=O) groups excluding carboxylic acids is 1. The molecule has 0 aliphatic rings. The van der Waals surface area contributed by atoms with E-state index in [-0.39, 0.29) is 11.8 Å². The van der Waals surface area contributed by atoms with Gasteiger partial charge in [0.05, 0.1) is 5.69 Å². The number of hydrogen-bond donors (Lipinski definition) is 3. The molecule has 0 aromatic heterocycles. The van der Waals surface area contributed by atoms with Gasteiger partial charge in [0.2, 0.25) is 0 Å². The first-order valence-corrected chi connectivity index (χ1v) is 6.17. The minimum absolute atomic E-state index is 0.294. The van der Waals surface area contributed by atoms with Crippen LogP contribution >= 0.6 is 12.6 Å². The quantitative estimate of drug-likeness (QED) is 0.739. The van der Waals surface area contributed by atoms with Gasteiger partial charge in [0.25, 0.3) is 0 Å². The molecule has 2 aromatic rings. The van der Waals surface area contributed by atoms with Crippen LogP contribution in [-0.4, -0.2) is 6.03 Å². The Labute approximate surface area is 116 Å². The number of urea groups is 1. The number of rotatable bonds is 3. The summed E-state index contributed by atoms with van der Waals surface area (Å²) in [5, 5.41) is 5.38. The van der Waals surface area contributed by atoms with Crippen LogP contribution in [-0.2, 0) is 6.54 Å². The largest absolute Gasteiger partial charge is 0.334 e. The average molecular weight is 276 g/mol. The monoisotopic (exact) mass is 276 g/mol. The minimum atomic E-state index is -0.328. The van der Waals surface area contributed by atoms with Gasteiger partial charge in [-0.15, -0.1) is 12.6 Å². The number of benzene rings is 2. The fourth-order valence-electron chi connectivity index (χ4n) is 1.53. The van der Waals surface area contributed by atoms with Crippen molar-refractivity contribution in [2.24, 2.45) is 0 Å². The summed E-state index contributed by atoms with van der Waals surface area (Å²) in [5.74, 6) is -0.294. The van der Waals surface area contributed by atoms with E-state index in [0.717, 1.165) is 5.56 Å². The molecule has 0 unspecified atom stereocenters. The second-order valence-electron chi connectivity index (χ2n) is 3.95. The molecule has 0 aliphatic carbocycles. The van der Waals surface area contributed by atoms with E-state index >= 15 is 0 Å². The molecule has 0 radical (unpaired) electrons. The zero-order chi connectivity index (χ0) is 13.7. The second kappa shape index (κ2) is 6.24. The van der Waals surface area contributed by atoms with Gasteiger partial charge >= 0.3 is 6.03 Å². The van der Waals surface area contributed by atoms with Gasteiger partial charge in [-0.2, -0.15) is 0 Å². The first-order valence-electron chi connectivity index (χ1n) is 5.72. The fraction of sp³-hybridized carbons (Fsp3) is 0.0714. The van der Waals surface area contributed by atoms with Crippen molar-refractivity contribution in [1.82, 2.24) is 5.32 Å². The first-order chi connectivity index (χ1) is 9.15. The first kappa shape index (κ1) is 13.4. The summed E-state index contributed by atoms with van der Waals surface area (Å²) in [6.07, 6.45) is 0. The van der Waals surface area contributed by atoms with E-state index in [1.165, 1.54) is 12.1 Å². The van der Waals surface area contributed by atoms with Crippen molar-refractivity contribution in [3.8, 4) is 0 Å². The smallest absolute Gasteiger partial charge is 0.319 e. The molecule has 0 saturated heterocycles. The zero-order valence-corrected chi connectivity index (χ0v) is 11.0. The molecule has 0 bridgehead atoms. The van der Waals surface area contributed by atoms with Crippen molar-refractivity contribution >= 4 is 24.3 Å². The lowest BCUT2D eigenvalue weighted by Crippen LogP contribution is -2.28. The fourth-order valence-corrected chi connectivity index (χ4v) is 1.75. The van der Waals surface area contributed by atoms with Crippen LogP contribution in [0.15, 0.2) is 53.4 Å². The number of nitrogens with one attached hydrogen (secondary N) is 2. The molecule has 3 nitrogen and oxygen atoms in total. The van der Waals surface area contributed by atoms with Crippen LogP contribution in [0.1, 0.15) is 5.56 Å². The van der Waals surface area contributed by atoms with E-state index < -0.39 is 0 Å². The highest BCUT2D eigenvalue weighted by Gasteiger charge is 2.03. The van der Waals surface area contributed by atoms with Crippen molar-refractivity contribution in [2.75, 3.05) is 5.32 Å². The normalized spacial score (nSPS) is 10.0. The molecule has 2 amide bonds. The van der Waals surface area contributed by atoms with Crippen LogP contribution in [0.3, 0.4) is 0 Å². The van der Waals surface area contributed by atoms with E-state index in [1.54, 1.807) is 24.3 Å². The van der Waals surface area contributed by atoms with Crippen molar-refractivity contribution in [3.05, 3.63) is 59.9 Å². The summed E-state index contributed by atoms with van der Waals surface area (Å²) in [6.45, 7) is 0.334. The zero-order valence-electron chi connectivity index (χ0n) is 10.1. The molecule has 19 heavy (non-hydrogen) atoms. The Balaban J connectivity index is 1.88. The molecule has 0 atom stereocenters. The summed E-state index contributed by atoms with van der Waals surface area (Å²) >= 11 is 4.24. The second-order valence-corrected chi connectivity index (χ2v) is 4.43. The lowest BCUT2D eigenvalue weighted by Gasteiger charge is -2.09. The molecule has 0 aliphatic heterocycles. The van der Waals surface area contributed by atoms with Gasteiger partial charge in [0.1, 0.15) is 5.82 Å². The number of hydrogen-bond acceptors (Lipinski definition) is 2. The maximum absolute atomic E-state index is 12.7. The third-order valence-electron chi connectivity index (χ3n) is 2.52. The highest BCUT2D eigenvalue weighted by atomic mass is 32.1. The summed E-state index contributed by atoms with van der Waals surface area (Å²) in [6, 6.07) is 12.9. The van der Waals surface area contributed by atoms with E-state index in [2.05, 4.69) is 23.3 Å². The van der Waals surface area contributed by atoms with Crippen LogP contribution in [0.4, 0.5) is 14.9 Å². The van der Waals surface area contributed by atoms with Crippen molar-refractivity contribution in [3.63, 3.8) is 0 Å². The van der Waals surface area contributed by atoms with Crippen LogP contribution < -0.4 is 10.6 Å². The predicted octanol–water partition coefficient (Wildman–Crippen LogP) is 3.44. The standard InChI is InChI=1S/C14H13FN2OS/c15-11-7-5-10(6-8-11)9-16-14(18)17-12-3-1-2-4-13(12)19/h1-8,19H,9H2,(H2,16,17,18). The van der Waals surface area contributed by atoms with Crippen molar-refractivity contribution in [1.29, 1.82) is 0 Å². The number of thiol groups is 1. The Kier molecular flexibility index (Phi) is 4.41. The van der Waals surface area contributed by atoms with Crippen LogP contribution in [0, 0.1) is 5.82 Å². The lowest BCUT2D eigenvalue weighted by molar-refractivity contribution is 0.251. The van der Waals surface area contributed by atoms with Gasteiger partial charge in [0.15, 0.2) is 0 Å². The number of halogens is 1. The van der Waals surface area contributed by atoms with Crippen molar-refractivity contribution in [2.45, 2.75) is 11.4 Å². The van der Waals surface area contributed by atoms with E-state index in [9.17, 15) is 9.18 Å². The van der Waals surface area contributed by atoms with Gasteiger partial charge < -0.3 is 10.6 Å². The minimum Gasteiger partial charge on any atom is -0.334 e. The number of carbonyl (C=O) groups is 1. The van der Waals surface area contributed by atoms with Crippen LogP contribution in [0.25, 0.3) is 0 Å². The molecule has 2 rings (SSSR count). The third-order valence-corrected chi connectivity index (χ3v) is 2.91. The maximum Gasteiger partial charge on any atom is 0.319 e. The van der Waals surface area contributed by atoms with Crippen LogP contribution in [0.2, 0.25) is 0 Å². The molecule has 5 heteroatoms. The summed E-state index contributed by atoms with van der Waals surface area (Å²) in [7, 11) is 0. The SMILES string of the molecule is O=C(NCc1ccc(F)cc1)Nc1ccccc1S. The summed E-state index contributed by atoms with van der Waals surface area (Å²) in [5.41, 5.74) is 1.47. The van der Waals surface area contributed by atoms with Crippen LogP contribution in [0.5, 0.6) is 0 Å². The third kappa shape index (κ3) is 3.99. The Morgan fingerprint density at radius 3 is 2.47 bits per heavy atom. The van der Waals surface area contributed by atoms with Gasteiger partial charge in [-0.05, 0) is 29.8 Å². The van der Waals surface area contributed by atoms with Gasteiger partial charge in [-0.3, -0.25) is 0 Å². The summed E-state index contributed by atoms with van der Waals surface area (Å²) in [4.78, 5) is 12.4. The van der Waals surface area contributed by atoms with Gasteiger partial charge in [-0.1, -0.05) is 24.3 Å². The van der Waals surface area contributed by atoms with Gasteiger partial charge in [0, 0.05) is 11.4 Å². The summed E-state index contributed by atoms with van der Waals surface area (Å²) < 4.78 is 12.7. The topological polar surface area (TPSA) is 41.1 Å². The lowest BCUT2D eigenvalue weighted by atomic mass is 10.2. The molecule has 0 spiro atoms. The number of para-hydroxylation sites is 1. The van der Waals surface area contributed by atoms with E-state index in [0.29, 0.717) is 17.1 Å². The average Bonchev–Trinajstić information content (AvgIpc) is 2.41. The Bertz CT molecular complexity index is 572. The predicted molar refractivity (Wildman–Crippen MR) is 76.0 cm³/mol. The molecule has 2 N–H and O–H groups in total. The highest BCUT2D eigenvalue weighted by Crippen LogP contribution is 2.18. The molecular formula is C14H13FN2OS. The Morgan fingerprint density at radius 2 is 1.79 bits per heavy atom. The number of amides is 2. The molecule has 0 saturated carbocycles. The Morgan fingerprint density at radius 1 is 1.11 bits per heavy atom. The highest BCUT2D eigenvalue weighted by molar-refractivity contribution is 7.80. The maximum atomic E-state index is 12.7. The molecule has 98 valence electrons. The Hall–Kier alpha value is -2.01. The molecular weight excluding hydrogens is 263 g/mol. The van der Waals surface area contributed by atoms with Crippen molar-refractivity contribution < 1.29 is 9.18 Å². The number of anilines is 1. The van der Waals surface area contributed by atoms with E-state index in [4.69, 9.17) is 0 Å². The van der Waals surface area contributed by atoms with E-state index in [1.807, 2.05) is 12.1 Å². The van der Waals surface area contributed by atoms with Gasteiger partial charge in [-0.25, -0.2) is 9.18 Å².